The van der Waals surface area contributed by atoms with Gasteiger partial charge in [0.25, 0.3) is 0 Å². The number of carbonyl (C=O) groups is 3. The van der Waals surface area contributed by atoms with Gasteiger partial charge >= 0.3 is 0 Å². The van der Waals surface area contributed by atoms with E-state index in [1.54, 1.807) is 30.3 Å². The maximum Gasteiger partial charge on any atom is 0.184 e. The van der Waals surface area contributed by atoms with Gasteiger partial charge in [0, 0.05) is 5.56 Å². The highest BCUT2D eigenvalue weighted by Gasteiger charge is 2.66. The first-order chi connectivity index (χ1) is 14.9. The van der Waals surface area contributed by atoms with Crippen LogP contribution < -0.4 is 0 Å². The van der Waals surface area contributed by atoms with Crippen molar-refractivity contribution in [3.05, 3.63) is 64.8 Å². The Balaban J connectivity index is 2.24. The molecule has 2 saturated carbocycles. The van der Waals surface area contributed by atoms with Crippen molar-refractivity contribution < 1.29 is 19.5 Å². The fraction of sp³-hybridized carbons (Fsp3) is 0.464. The Hall–Kier alpha value is -2.75. The Labute approximate surface area is 191 Å². The molecule has 2 aliphatic carbocycles. The average molecular weight is 435 g/mol. The maximum absolute atomic E-state index is 13.9. The first-order valence-corrected chi connectivity index (χ1v) is 11.3. The Morgan fingerprint density at radius 3 is 2.16 bits per heavy atom. The van der Waals surface area contributed by atoms with Crippen LogP contribution in [0.2, 0.25) is 0 Å². The third-order valence-corrected chi connectivity index (χ3v) is 7.25. The van der Waals surface area contributed by atoms with Gasteiger partial charge in [-0.2, -0.15) is 0 Å². The predicted octanol–water partition coefficient (Wildman–Crippen LogP) is 6.04. The molecular formula is C28H34O4. The van der Waals surface area contributed by atoms with Crippen molar-refractivity contribution in [2.45, 2.75) is 60.8 Å². The Bertz CT molecular complexity index is 1030. The molecule has 32 heavy (non-hydrogen) atoms. The zero-order valence-electron chi connectivity index (χ0n) is 20.0. The molecule has 0 spiro atoms. The van der Waals surface area contributed by atoms with E-state index in [1.165, 1.54) is 5.57 Å². The van der Waals surface area contributed by atoms with Gasteiger partial charge in [0.05, 0.1) is 11.3 Å². The summed E-state index contributed by atoms with van der Waals surface area (Å²) in [6.07, 6.45) is 5.38. The monoisotopic (exact) mass is 434 g/mol. The number of carbonyl (C=O) groups excluding carboxylic acids is 3. The van der Waals surface area contributed by atoms with E-state index < -0.39 is 28.3 Å². The number of Topliss-reactive ketones (excluding diaryl/α,β-unsaturated/α-hetero) is 3. The SMILES string of the molecule is CC(C)=CC[C@H]1C[C@@]2(CC=C(C)C)C(=O)C(=C(O)c3ccccc3)C(=O)[C@H](C2=O)C1(C)C. The summed E-state index contributed by atoms with van der Waals surface area (Å²) in [7, 11) is 0. The molecule has 0 heterocycles. The fourth-order valence-electron chi connectivity index (χ4n) is 5.18. The molecule has 0 aromatic heterocycles. The summed E-state index contributed by atoms with van der Waals surface area (Å²) < 4.78 is 0. The highest BCUT2D eigenvalue weighted by Crippen LogP contribution is 2.58. The summed E-state index contributed by atoms with van der Waals surface area (Å²) in [5.74, 6) is -2.62. The maximum atomic E-state index is 13.9. The summed E-state index contributed by atoms with van der Waals surface area (Å²) in [6, 6.07) is 8.63. The number of ketones is 3. The van der Waals surface area contributed by atoms with Crippen molar-refractivity contribution >= 4 is 23.1 Å². The first kappa shape index (κ1) is 23.9. The molecule has 1 N–H and O–H groups in total. The lowest BCUT2D eigenvalue weighted by molar-refractivity contribution is -0.162. The zero-order chi connectivity index (χ0) is 23.8. The third-order valence-electron chi connectivity index (χ3n) is 7.25. The molecule has 0 radical (unpaired) electrons. The largest absolute Gasteiger partial charge is 0.506 e. The van der Waals surface area contributed by atoms with E-state index in [9.17, 15) is 19.5 Å². The first-order valence-electron chi connectivity index (χ1n) is 11.3. The van der Waals surface area contributed by atoms with Crippen molar-refractivity contribution in [3.8, 4) is 0 Å². The minimum Gasteiger partial charge on any atom is -0.506 e. The van der Waals surface area contributed by atoms with Crippen molar-refractivity contribution in [2.24, 2.45) is 22.7 Å². The molecule has 3 rings (SSSR count). The third kappa shape index (κ3) is 3.92. The molecule has 2 fully saturated rings. The lowest BCUT2D eigenvalue weighted by Gasteiger charge is -2.53. The van der Waals surface area contributed by atoms with Gasteiger partial charge in [0.15, 0.2) is 17.3 Å². The van der Waals surface area contributed by atoms with Gasteiger partial charge in [-0.15, -0.1) is 0 Å². The molecule has 0 amide bonds. The smallest absolute Gasteiger partial charge is 0.184 e. The van der Waals surface area contributed by atoms with E-state index in [-0.39, 0.29) is 29.5 Å². The molecule has 1 aromatic rings. The second-order valence-electron chi connectivity index (χ2n) is 10.4. The number of benzene rings is 1. The molecule has 0 saturated heterocycles. The van der Waals surface area contributed by atoms with Crippen molar-refractivity contribution in [1.29, 1.82) is 0 Å². The van der Waals surface area contributed by atoms with Crippen LogP contribution in [-0.4, -0.2) is 22.5 Å². The number of hydrogen-bond donors (Lipinski definition) is 1. The van der Waals surface area contributed by atoms with Crippen LogP contribution in [0.25, 0.3) is 5.76 Å². The van der Waals surface area contributed by atoms with Crippen LogP contribution in [-0.2, 0) is 14.4 Å². The molecule has 0 unspecified atom stereocenters. The number of fused-ring (bicyclic) bond motifs is 2. The Morgan fingerprint density at radius 2 is 1.59 bits per heavy atom. The number of hydrogen-bond acceptors (Lipinski definition) is 4. The number of aliphatic hydroxyl groups excluding tert-OH is 1. The fourth-order valence-corrected chi connectivity index (χ4v) is 5.18. The van der Waals surface area contributed by atoms with Crippen LogP contribution in [0, 0.1) is 22.7 Å². The second kappa shape index (κ2) is 8.65. The lowest BCUT2D eigenvalue weighted by atomic mass is 9.46. The van der Waals surface area contributed by atoms with Gasteiger partial charge in [0.2, 0.25) is 0 Å². The quantitative estimate of drug-likeness (QED) is 0.202. The summed E-state index contributed by atoms with van der Waals surface area (Å²) in [6.45, 7) is 11.8. The van der Waals surface area contributed by atoms with Crippen molar-refractivity contribution in [1.82, 2.24) is 0 Å². The van der Waals surface area contributed by atoms with E-state index in [0.29, 0.717) is 18.4 Å². The molecule has 4 nitrogen and oxygen atoms in total. The number of rotatable bonds is 5. The normalized spacial score (nSPS) is 28.2. The number of allylic oxidation sites excluding steroid dienone is 5. The topological polar surface area (TPSA) is 71.4 Å². The lowest BCUT2D eigenvalue weighted by Crippen LogP contribution is -2.62. The van der Waals surface area contributed by atoms with Crippen LogP contribution in [0.15, 0.2) is 59.2 Å². The summed E-state index contributed by atoms with van der Waals surface area (Å²) in [5.41, 5.74) is 0.434. The van der Waals surface area contributed by atoms with Gasteiger partial charge in [-0.3, -0.25) is 14.4 Å². The van der Waals surface area contributed by atoms with Gasteiger partial charge in [0.1, 0.15) is 11.3 Å². The van der Waals surface area contributed by atoms with Crippen LogP contribution >= 0.6 is 0 Å². The molecule has 4 heteroatoms. The van der Waals surface area contributed by atoms with E-state index in [4.69, 9.17) is 0 Å². The summed E-state index contributed by atoms with van der Waals surface area (Å²) in [5, 5.41) is 11.0. The summed E-state index contributed by atoms with van der Waals surface area (Å²) in [4.78, 5) is 41.3. The highest BCUT2D eigenvalue weighted by molar-refractivity contribution is 6.39. The predicted molar refractivity (Wildman–Crippen MR) is 127 cm³/mol. The summed E-state index contributed by atoms with van der Waals surface area (Å²) >= 11 is 0. The average Bonchev–Trinajstić information content (AvgIpc) is 2.72. The molecule has 170 valence electrons. The molecular weight excluding hydrogens is 400 g/mol. The van der Waals surface area contributed by atoms with E-state index >= 15 is 0 Å². The number of aliphatic hydroxyl groups is 1. The molecule has 2 aliphatic rings. The Kier molecular flexibility index (Phi) is 6.46. The van der Waals surface area contributed by atoms with Crippen molar-refractivity contribution in [2.75, 3.05) is 0 Å². The molecule has 2 bridgehead atoms. The highest BCUT2D eigenvalue weighted by atomic mass is 16.3. The van der Waals surface area contributed by atoms with Gasteiger partial charge in [-0.25, -0.2) is 0 Å². The van der Waals surface area contributed by atoms with Crippen molar-refractivity contribution in [3.63, 3.8) is 0 Å². The van der Waals surface area contributed by atoms with Gasteiger partial charge in [-0.1, -0.05) is 67.5 Å². The molecule has 1 aromatic carbocycles. The minimum absolute atomic E-state index is 0.000944. The second-order valence-corrected chi connectivity index (χ2v) is 10.4. The standard InChI is InChI=1S/C28H34O4/c1-17(2)12-13-20-16-28(15-14-18(3)4)25(31)21(23(29)19-10-8-7-9-11-19)24(30)22(26(28)32)27(20,5)6/h7-12,14,20,22,29H,13,15-16H2,1-6H3/t20-,22+,28-/m0/s1. The van der Waals surface area contributed by atoms with Crippen LogP contribution in [0.1, 0.15) is 66.4 Å². The van der Waals surface area contributed by atoms with E-state index in [2.05, 4.69) is 6.08 Å². The van der Waals surface area contributed by atoms with Crippen LogP contribution in [0.5, 0.6) is 0 Å². The molecule has 0 aliphatic heterocycles. The van der Waals surface area contributed by atoms with Crippen LogP contribution in [0.3, 0.4) is 0 Å². The van der Waals surface area contributed by atoms with Crippen LogP contribution in [0.4, 0.5) is 0 Å². The zero-order valence-corrected chi connectivity index (χ0v) is 20.0. The van der Waals surface area contributed by atoms with E-state index in [1.807, 2.05) is 47.6 Å². The Morgan fingerprint density at radius 1 is 1.00 bits per heavy atom. The molecule has 3 atom stereocenters. The minimum atomic E-state index is -1.32. The van der Waals surface area contributed by atoms with Gasteiger partial charge < -0.3 is 5.11 Å². The van der Waals surface area contributed by atoms with Gasteiger partial charge in [-0.05, 0) is 58.3 Å². The van der Waals surface area contributed by atoms with E-state index in [0.717, 1.165) is 5.57 Å².